The van der Waals surface area contributed by atoms with Gasteiger partial charge >= 0.3 is 5.69 Å². The summed E-state index contributed by atoms with van der Waals surface area (Å²) in [6, 6.07) is 18.5. The van der Waals surface area contributed by atoms with Crippen LogP contribution in [0.4, 0.5) is 0 Å². The molecule has 0 fully saturated rings. The molecule has 0 aliphatic heterocycles. The zero-order chi connectivity index (χ0) is 18.1. The van der Waals surface area contributed by atoms with E-state index in [4.69, 9.17) is 11.6 Å². The Kier molecular flexibility index (Phi) is 4.14. The number of pyridine rings is 1. The van der Waals surface area contributed by atoms with Gasteiger partial charge in [-0.25, -0.2) is 9.78 Å². The Bertz CT molecular complexity index is 1200. The molecular formula is C20H14ClN3O2. The van der Waals surface area contributed by atoms with Gasteiger partial charge in [0.15, 0.2) is 0 Å². The van der Waals surface area contributed by atoms with E-state index in [9.17, 15) is 9.59 Å². The second-order valence-electron chi connectivity index (χ2n) is 5.90. The van der Waals surface area contributed by atoms with E-state index in [0.717, 1.165) is 11.1 Å². The first-order valence-electron chi connectivity index (χ1n) is 8.05. The lowest BCUT2D eigenvalue weighted by Crippen LogP contribution is -2.31. The quantitative estimate of drug-likeness (QED) is 0.606. The summed E-state index contributed by atoms with van der Waals surface area (Å²) >= 11 is 5.96. The first-order chi connectivity index (χ1) is 12.6. The van der Waals surface area contributed by atoms with Crippen LogP contribution in [-0.4, -0.2) is 14.5 Å². The number of H-pyrrole nitrogens is 1. The fourth-order valence-corrected chi connectivity index (χ4v) is 3.11. The Morgan fingerprint density at radius 1 is 0.962 bits per heavy atom. The van der Waals surface area contributed by atoms with Crippen LogP contribution in [0.3, 0.4) is 0 Å². The lowest BCUT2D eigenvalue weighted by molar-refractivity contribution is 0.746. The normalized spacial score (nSPS) is 11.0. The molecule has 4 aromatic rings. The smallest absolute Gasteiger partial charge is 0.273 e. The molecule has 0 unspecified atom stereocenters. The highest BCUT2D eigenvalue weighted by Gasteiger charge is 2.14. The molecule has 1 N–H and O–H groups in total. The van der Waals surface area contributed by atoms with Crippen molar-refractivity contribution in [3.63, 3.8) is 0 Å². The molecule has 0 aliphatic carbocycles. The van der Waals surface area contributed by atoms with E-state index >= 15 is 0 Å². The van der Waals surface area contributed by atoms with Gasteiger partial charge in [0.1, 0.15) is 5.65 Å². The number of nitrogens with zero attached hydrogens (tertiary/aromatic N) is 2. The van der Waals surface area contributed by atoms with Crippen molar-refractivity contribution in [2.45, 2.75) is 6.54 Å². The van der Waals surface area contributed by atoms with Gasteiger partial charge in [-0.15, -0.1) is 0 Å². The van der Waals surface area contributed by atoms with Crippen LogP contribution >= 0.6 is 11.6 Å². The van der Waals surface area contributed by atoms with Gasteiger partial charge in [0.25, 0.3) is 5.56 Å². The second kappa shape index (κ2) is 6.61. The van der Waals surface area contributed by atoms with Crippen LogP contribution in [0, 0.1) is 0 Å². The predicted octanol–water partition coefficient (Wildman–Crippen LogP) is 3.45. The summed E-state index contributed by atoms with van der Waals surface area (Å²) in [5, 5.41) is 0.993. The largest absolute Gasteiger partial charge is 0.330 e. The summed E-state index contributed by atoms with van der Waals surface area (Å²) in [5.41, 5.74) is 1.91. The number of halogens is 1. The minimum absolute atomic E-state index is 0.323. The number of hydrogen-bond donors (Lipinski definition) is 1. The van der Waals surface area contributed by atoms with Crippen molar-refractivity contribution in [3.05, 3.63) is 98.3 Å². The molecule has 0 aliphatic rings. The van der Waals surface area contributed by atoms with Crippen LogP contribution in [0.15, 0.2) is 76.4 Å². The third-order valence-corrected chi connectivity index (χ3v) is 4.47. The van der Waals surface area contributed by atoms with Gasteiger partial charge in [0.2, 0.25) is 0 Å². The van der Waals surface area contributed by atoms with E-state index in [-0.39, 0.29) is 0 Å². The first-order valence-corrected chi connectivity index (χ1v) is 8.43. The van der Waals surface area contributed by atoms with Crippen molar-refractivity contribution >= 4 is 22.6 Å². The molecule has 0 radical (unpaired) electrons. The summed E-state index contributed by atoms with van der Waals surface area (Å²) in [6.45, 7) is 0.323. The van der Waals surface area contributed by atoms with Crippen LogP contribution in [0.2, 0.25) is 5.02 Å². The maximum atomic E-state index is 12.5. The molecule has 0 spiro atoms. The molecule has 26 heavy (non-hydrogen) atoms. The Hall–Kier alpha value is -3.18. The predicted molar refractivity (Wildman–Crippen MR) is 103 cm³/mol. The SMILES string of the molecule is O=c1[nH]c(=O)n(Cc2ccccc2)c2nccc(-c3ccc(Cl)cc3)c12. The number of hydrogen-bond acceptors (Lipinski definition) is 3. The van der Waals surface area contributed by atoms with Crippen molar-refractivity contribution in [2.24, 2.45) is 0 Å². The van der Waals surface area contributed by atoms with Crippen molar-refractivity contribution in [1.82, 2.24) is 14.5 Å². The Labute approximate surface area is 153 Å². The summed E-state index contributed by atoms with van der Waals surface area (Å²) in [6.07, 6.45) is 1.60. The van der Waals surface area contributed by atoms with E-state index in [1.807, 2.05) is 42.5 Å². The van der Waals surface area contributed by atoms with Gasteiger partial charge in [0.05, 0.1) is 11.9 Å². The van der Waals surface area contributed by atoms with Crippen LogP contribution in [0.25, 0.3) is 22.2 Å². The topological polar surface area (TPSA) is 67.8 Å². The minimum atomic E-state index is -0.480. The van der Waals surface area contributed by atoms with Crippen LogP contribution < -0.4 is 11.2 Å². The van der Waals surface area contributed by atoms with E-state index in [2.05, 4.69) is 9.97 Å². The Morgan fingerprint density at radius 2 is 1.69 bits per heavy atom. The third kappa shape index (κ3) is 2.93. The number of nitrogens with one attached hydrogen (secondary N) is 1. The molecule has 2 aromatic carbocycles. The van der Waals surface area contributed by atoms with Gasteiger partial charge in [-0.3, -0.25) is 14.3 Å². The van der Waals surface area contributed by atoms with Gasteiger partial charge < -0.3 is 0 Å². The summed E-state index contributed by atoms with van der Waals surface area (Å²) < 4.78 is 1.48. The van der Waals surface area contributed by atoms with E-state index in [0.29, 0.717) is 28.2 Å². The minimum Gasteiger partial charge on any atom is -0.273 e. The highest BCUT2D eigenvalue weighted by molar-refractivity contribution is 6.30. The molecule has 0 bridgehead atoms. The Balaban J connectivity index is 1.97. The number of fused-ring (bicyclic) bond motifs is 1. The standard InChI is InChI=1S/C20H14ClN3O2/c21-15-8-6-14(7-9-15)16-10-11-22-18-17(16)19(25)23-20(26)24(18)12-13-4-2-1-3-5-13/h1-11H,12H2,(H,23,25,26). The molecule has 4 rings (SSSR count). The number of aromatic amines is 1. The second-order valence-corrected chi connectivity index (χ2v) is 6.33. The van der Waals surface area contributed by atoms with E-state index in [1.54, 1.807) is 24.4 Å². The molecule has 6 heteroatoms. The van der Waals surface area contributed by atoms with Gasteiger partial charge in [0, 0.05) is 11.2 Å². The van der Waals surface area contributed by atoms with Gasteiger partial charge in [-0.1, -0.05) is 54.1 Å². The maximum absolute atomic E-state index is 12.5. The summed E-state index contributed by atoms with van der Waals surface area (Å²) in [7, 11) is 0. The molecule has 5 nitrogen and oxygen atoms in total. The van der Waals surface area contributed by atoms with Gasteiger partial charge in [-0.2, -0.15) is 0 Å². The third-order valence-electron chi connectivity index (χ3n) is 4.22. The molecule has 0 amide bonds. The molecule has 128 valence electrons. The molecule has 0 saturated heterocycles. The average molecular weight is 364 g/mol. The number of aromatic nitrogens is 3. The van der Waals surface area contributed by atoms with Gasteiger partial charge in [-0.05, 0) is 34.9 Å². The molecule has 2 heterocycles. The van der Waals surface area contributed by atoms with Crippen LogP contribution in [-0.2, 0) is 6.54 Å². The molecule has 0 saturated carbocycles. The van der Waals surface area contributed by atoms with Crippen LogP contribution in [0.5, 0.6) is 0 Å². The van der Waals surface area contributed by atoms with E-state index in [1.165, 1.54) is 4.57 Å². The highest BCUT2D eigenvalue weighted by Crippen LogP contribution is 2.26. The zero-order valence-electron chi connectivity index (χ0n) is 13.6. The molecule has 0 atom stereocenters. The van der Waals surface area contributed by atoms with Crippen molar-refractivity contribution < 1.29 is 0 Å². The fraction of sp³-hybridized carbons (Fsp3) is 0.0500. The maximum Gasteiger partial charge on any atom is 0.330 e. The lowest BCUT2D eigenvalue weighted by Gasteiger charge is -2.11. The van der Waals surface area contributed by atoms with Crippen molar-refractivity contribution in [1.29, 1.82) is 0 Å². The summed E-state index contributed by atoms with van der Waals surface area (Å²) in [5.74, 6) is 0. The fourth-order valence-electron chi connectivity index (χ4n) is 2.99. The lowest BCUT2D eigenvalue weighted by atomic mass is 10.0. The summed E-state index contributed by atoms with van der Waals surface area (Å²) in [4.78, 5) is 31.7. The van der Waals surface area contributed by atoms with Crippen LogP contribution in [0.1, 0.15) is 5.56 Å². The molecule has 2 aromatic heterocycles. The number of rotatable bonds is 3. The van der Waals surface area contributed by atoms with E-state index < -0.39 is 11.2 Å². The average Bonchev–Trinajstić information content (AvgIpc) is 2.66. The highest BCUT2D eigenvalue weighted by atomic mass is 35.5. The Morgan fingerprint density at radius 3 is 2.42 bits per heavy atom. The zero-order valence-corrected chi connectivity index (χ0v) is 14.4. The van der Waals surface area contributed by atoms with Crippen molar-refractivity contribution in [3.8, 4) is 11.1 Å². The van der Waals surface area contributed by atoms with Crippen molar-refractivity contribution in [2.75, 3.05) is 0 Å². The number of benzene rings is 2. The molecular weight excluding hydrogens is 350 g/mol. The first kappa shape index (κ1) is 16.3. The monoisotopic (exact) mass is 363 g/mol.